The van der Waals surface area contributed by atoms with Gasteiger partial charge in [0, 0.05) is 34.8 Å². The third-order valence-corrected chi connectivity index (χ3v) is 3.58. The molecule has 1 aliphatic heterocycles. The number of nitrogens with one attached hydrogen (secondary N) is 2. The minimum absolute atomic E-state index is 0. The van der Waals surface area contributed by atoms with E-state index >= 15 is 0 Å². The van der Waals surface area contributed by atoms with Gasteiger partial charge in [-0.3, -0.25) is 0 Å². The molecule has 0 saturated carbocycles. The van der Waals surface area contributed by atoms with Gasteiger partial charge in [0.15, 0.2) is 0 Å². The van der Waals surface area contributed by atoms with Crippen LogP contribution >= 0.6 is 12.4 Å². The number of methoxy groups -OCH3 is 1. The van der Waals surface area contributed by atoms with Crippen molar-refractivity contribution in [3.63, 3.8) is 0 Å². The fourth-order valence-corrected chi connectivity index (χ4v) is 2.70. The predicted octanol–water partition coefficient (Wildman–Crippen LogP) is 3.28. The van der Waals surface area contributed by atoms with Gasteiger partial charge >= 0.3 is 0 Å². The number of H-pyrrole nitrogens is 1. The molecule has 1 aliphatic rings. The van der Waals surface area contributed by atoms with Gasteiger partial charge in [-0.05, 0) is 37.6 Å². The van der Waals surface area contributed by atoms with Crippen molar-refractivity contribution in [2.24, 2.45) is 0 Å². The number of benzene rings is 1. The smallest absolute Gasteiger partial charge is 0.120 e. The number of hydrogen-bond donors (Lipinski definition) is 2. The molecule has 0 amide bonds. The summed E-state index contributed by atoms with van der Waals surface area (Å²) in [5.41, 5.74) is 5.21. The van der Waals surface area contributed by atoms with Crippen LogP contribution in [0.15, 0.2) is 24.3 Å². The van der Waals surface area contributed by atoms with Crippen molar-refractivity contribution in [3.8, 4) is 5.75 Å². The van der Waals surface area contributed by atoms with Crippen molar-refractivity contribution < 1.29 is 4.74 Å². The van der Waals surface area contributed by atoms with E-state index in [1.54, 1.807) is 7.11 Å². The Bertz CT molecular complexity index is 616. The van der Waals surface area contributed by atoms with E-state index in [0.29, 0.717) is 0 Å². The SMILES string of the molecule is COc1ccc2c(C3=CCNCC3)c(C)[nH]c2c1.Cl. The van der Waals surface area contributed by atoms with Crippen LogP contribution < -0.4 is 10.1 Å². The molecule has 0 aliphatic carbocycles. The Balaban J connectivity index is 0.00000133. The minimum atomic E-state index is 0. The Kier molecular flexibility index (Phi) is 4.17. The van der Waals surface area contributed by atoms with Crippen molar-refractivity contribution in [1.29, 1.82) is 0 Å². The summed E-state index contributed by atoms with van der Waals surface area (Å²) in [5.74, 6) is 0.898. The minimum Gasteiger partial charge on any atom is -0.497 e. The van der Waals surface area contributed by atoms with Crippen LogP contribution in [0.3, 0.4) is 0 Å². The number of rotatable bonds is 2. The van der Waals surface area contributed by atoms with Crippen molar-refractivity contribution >= 4 is 28.9 Å². The van der Waals surface area contributed by atoms with E-state index in [9.17, 15) is 0 Å². The van der Waals surface area contributed by atoms with Gasteiger partial charge in [0.2, 0.25) is 0 Å². The van der Waals surface area contributed by atoms with E-state index in [0.717, 1.165) is 30.8 Å². The zero-order valence-corrected chi connectivity index (χ0v) is 12.1. The van der Waals surface area contributed by atoms with E-state index in [4.69, 9.17) is 4.74 Å². The molecule has 0 radical (unpaired) electrons. The molecule has 3 rings (SSSR count). The highest BCUT2D eigenvalue weighted by atomic mass is 35.5. The van der Waals surface area contributed by atoms with Crippen LogP contribution in [0.1, 0.15) is 17.7 Å². The molecule has 2 N–H and O–H groups in total. The van der Waals surface area contributed by atoms with Gasteiger partial charge in [-0.2, -0.15) is 0 Å². The quantitative estimate of drug-likeness (QED) is 0.885. The van der Waals surface area contributed by atoms with Gasteiger partial charge in [-0.25, -0.2) is 0 Å². The lowest BCUT2D eigenvalue weighted by Gasteiger charge is -2.14. The summed E-state index contributed by atoms with van der Waals surface area (Å²) >= 11 is 0. The number of fused-ring (bicyclic) bond motifs is 1. The van der Waals surface area contributed by atoms with E-state index in [2.05, 4.69) is 35.4 Å². The monoisotopic (exact) mass is 278 g/mol. The summed E-state index contributed by atoms with van der Waals surface area (Å²) in [5, 5.41) is 4.65. The molecule has 2 heterocycles. The summed E-state index contributed by atoms with van der Waals surface area (Å²) in [7, 11) is 1.70. The summed E-state index contributed by atoms with van der Waals surface area (Å²) in [6, 6.07) is 6.24. The second-order valence-corrected chi connectivity index (χ2v) is 4.72. The van der Waals surface area contributed by atoms with Crippen molar-refractivity contribution in [2.75, 3.05) is 20.2 Å². The van der Waals surface area contributed by atoms with Crippen LogP contribution in [-0.2, 0) is 0 Å². The Morgan fingerprint density at radius 3 is 2.79 bits per heavy atom. The standard InChI is InChI=1S/C15H18N2O.ClH/c1-10-15(11-5-7-16-8-6-11)13-4-3-12(18-2)9-14(13)17-10;/h3-5,9,16-17H,6-8H2,1-2H3;1H. The maximum absolute atomic E-state index is 5.27. The first kappa shape index (κ1) is 14.0. The summed E-state index contributed by atoms with van der Waals surface area (Å²) in [6.07, 6.45) is 3.39. The predicted molar refractivity (Wildman–Crippen MR) is 82.3 cm³/mol. The number of hydrogen-bond acceptors (Lipinski definition) is 2. The zero-order valence-electron chi connectivity index (χ0n) is 11.2. The van der Waals surface area contributed by atoms with Gasteiger partial charge in [0.1, 0.15) is 5.75 Å². The number of ether oxygens (including phenoxy) is 1. The molecular weight excluding hydrogens is 260 g/mol. The van der Waals surface area contributed by atoms with E-state index in [-0.39, 0.29) is 12.4 Å². The normalized spacial score (nSPS) is 14.9. The van der Waals surface area contributed by atoms with Gasteiger partial charge < -0.3 is 15.0 Å². The highest BCUT2D eigenvalue weighted by Crippen LogP contribution is 2.32. The lowest BCUT2D eigenvalue weighted by Crippen LogP contribution is -2.20. The van der Waals surface area contributed by atoms with Gasteiger partial charge in [0.25, 0.3) is 0 Å². The molecule has 2 aromatic rings. The topological polar surface area (TPSA) is 37.0 Å². The molecule has 0 fully saturated rings. The molecule has 0 unspecified atom stereocenters. The largest absolute Gasteiger partial charge is 0.497 e. The zero-order chi connectivity index (χ0) is 12.5. The Morgan fingerprint density at radius 2 is 2.11 bits per heavy atom. The van der Waals surface area contributed by atoms with Crippen LogP contribution in [0.4, 0.5) is 0 Å². The van der Waals surface area contributed by atoms with Crippen LogP contribution in [0, 0.1) is 6.92 Å². The van der Waals surface area contributed by atoms with Crippen molar-refractivity contribution in [1.82, 2.24) is 10.3 Å². The fraction of sp³-hybridized carbons (Fsp3) is 0.333. The number of aryl methyl sites for hydroxylation is 1. The average molecular weight is 279 g/mol. The number of aromatic amines is 1. The molecule has 3 nitrogen and oxygen atoms in total. The van der Waals surface area contributed by atoms with E-state index in [1.807, 2.05) is 6.07 Å². The second-order valence-electron chi connectivity index (χ2n) is 4.72. The van der Waals surface area contributed by atoms with E-state index < -0.39 is 0 Å². The summed E-state index contributed by atoms with van der Waals surface area (Å²) < 4.78 is 5.27. The van der Waals surface area contributed by atoms with Crippen LogP contribution in [0.2, 0.25) is 0 Å². The first-order chi connectivity index (χ1) is 8.79. The van der Waals surface area contributed by atoms with Crippen molar-refractivity contribution in [3.05, 3.63) is 35.5 Å². The highest BCUT2D eigenvalue weighted by Gasteiger charge is 2.14. The third kappa shape index (κ3) is 2.48. The Labute approximate surface area is 119 Å². The lowest BCUT2D eigenvalue weighted by atomic mass is 9.97. The maximum Gasteiger partial charge on any atom is 0.120 e. The molecule has 1 aromatic heterocycles. The first-order valence-corrected chi connectivity index (χ1v) is 6.36. The van der Waals surface area contributed by atoms with Gasteiger partial charge in [-0.1, -0.05) is 6.08 Å². The molecule has 19 heavy (non-hydrogen) atoms. The molecule has 0 bridgehead atoms. The molecule has 0 atom stereocenters. The lowest BCUT2D eigenvalue weighted by molar-refractivity contribution is 0.415. The van der Waals surface area contributed by atoms with Crippen LogP contribution in [0.5, 0.6) is 5.75 Å². The van der Waals surface area contributed by atoms with Crippen LogP contribution in [-0.4, -0.2) is 25.2 Å². The molecule has 1 aromatic carbocycles. The Hall–Kier alpha value is -1.45. The van der Waals surface area contributed by atoms with Gasteiger partial charge in [0.05, 0.1) is 7.11 Å². The third-order valence-electron chi connectivity index (χ3n) is 3.58. The molecule has 102 valence electrons. The highest BCUT2D eigenvalue weighted by molar-refractivity contribution is 5.95. The number of halogens is 1. The van der Waals surface area contributed by atoms with Crippen LogP contribution in [0.25, 0.3) is 16.5 Å². The summed E-state index contributed by atoms with van der Waals surface area (Å²) in [4.78, 5) is 3.46. The molecule has 0 saturated heterocycles. The molecular formula is C15H19ClN2O. The molecule has 0 spiro atoms. The molecule has 4 heteroatoms. The van der Waals surface area contributed by atoms with Crippen molar-refractivity contribution in [2.45, 2.75) is 13.3 Å². The number of aromatic nitrogens is 1. The maximum atomic E-state index is 5.27. The van der Waals surface area contributed by atoms with E-state index in [1.165, 1.54) is 22.2 Å². The second kappa shape index (κ2) is 5.68. The fourth-order valence-electron chi connectivity index (χ4n) is 2.70. The average Bonchev–Trinajstić information content (AvgIpc) is 2.74. The van der Waals surface area contributed by atoms with Gasteiger partial charge in [-0.15, -0.1) is 12.4 Å². The Morgan fingerprint density at radius 1 is 1.26 bits per heavy atom. The summed E-state index contributed by atoms with van der Waals surface area (Å²) in [6.45, 7) is 4.18. The first-order valence-electron chi connectivity index (χ1n) is 6.36.